The van der Waals surface area contributed by atoms with Gasteiger partial charge in [0.1, 0.15) is 46.0 Å². The smallest absolute Gasteiger partial charge is 0.260 e. The molecule has 6 aliphatic rings. The zero-order chi connectivity index (χ0) is 80.8. The fraction of sp³-hybridized carbons (Fsp3) is 0.0182. The number of anilines is 6. The number of hydrogen-bond acceptors (Lipinski definition) is 6. The summed E-state index contributed by atoms with van der Waals surface area (Å²) in [6, 6.07) is 161. The Morgan fingerprint density at radius 2 is 0.410 bits per heavy atom. The molecule has 0 spiro atoms. The predicted molar refractivity (Wildman–Crippen MR) is 516 cm³/mol. The molecule has 6 heterocycles. The Kier molecular flexibility index (Phi) is 16.7. The molecule has 24 rings (SSSR count). The molecule has 0 atom stereocenters. The van der Waals surface area contributed by atoms with Crippen molar-refractivity contribution in [3.8, 4) is 46.0 Å². The Morgan fingerprint density at radius 3 is 0.713 bits per heavy atom. The molecule has 0 saturated carbocycles. The van der Waals surface area contributed by atoms with Crippen molar-refractivity contribution >= 4 is 190 Å². The maximum Gasteiger partial charge on any atom is 0.260 e. The molecule has 0 aromatic heterocycles. The molecule has 6 nitrogen and oxygen atoms in total. The van der Waals surface area contributed by atoms with Gasteiger partial charge in [-0.1, -0.05) is 358 Å². The van der Waals surface area contributed by atoms with E-state index in [4.69, 9.17) is 18.9 Å². The Hall–Kier alpha value is -14.4. The third-order valence-electron chi connectivity index (χ3n) is 26.9. The number of rotatable bonds is 14. The molecule has 0 bridgehead atoms. The zero-order valence-corrected chi connectivity index (χ0v) is 70.3. The summed E-state index contributed by atoms with van der Waals surface area (Å²) >= 11 is 0. The number of fused-ring (bicyclic) bond motifs is 12. The summed E-state index contributed by atoms with van der Waals surface area (Å²) in [5.74, 6) is 6.50. The van der Waals surface area contributed by atoms with Crippen LogP contribution in [0.2, 0.25) is 0 Å². The largest absolute Gasteiger partial charge is 0.458 e. The predicted octanol–water partition coefficient (Wildman–Crippen LogP) is 12.0. The van der Waals surface area contributed by atoms with Crippen molar-refractivity contribution in [2.75, 3.05) is 9.80 Å². The van der Waals surface area contributed by atoms with Crippen molar-refractivity contribution in [3.05, 3.63) is 442 Å². The van der Waals surface area contributed by atoms with E-state index in [1.807, 2.05) is 0 Å². The molecule has 0 unspecified atom stereocenters. The third-order valence-corrected chi connectivity index (χ3v) is 41.2. The van der Waals surface area contributed by atoms with E-state index in [2.05, 4.69) is 454 Å². The fourth-order valence-corrected chi connectivity index (χ4v) is 36.2. The van der Waals surface area contributed by atoms with Gasteiger partial charge in [0, 0.05) is 51.7 Å². The minimum atomic E-state index is -3.36. The summed E-state index contributed by atoms with van der Waals surface area (Å²) in [5.41, 5.74) is 18.5. The van der Waals surface area contributed by atoms with Crippen molar-refractivity contribution in [1.29, 1.82) is 0 Å². The van der Waals surface area contributed by atoms with E-state index in [1.165, 1.54) is 62.2 Å². The van der Waals surface area contributed by atoms with Crippen molar-refractivity contribution in [2.24, 2.45) is 0 Å². The molecule has 6 aliphatic heterocycles. The molecule has 0 radical (unpaired) electrons. The second-order valence-corrected chi connectivity index (χ2v) is 44.6. The molecular weight excluding hydrogens is 1530 g/mol. The van der Waals surface area contributed by atoms with E-state index < -0.39 is 30.9 Å². The standard InChI is InChI=1S/C110H77B3N2O4Si3/c1-74-38-30-34-60-94(74)114-96-72-103-93(70-90(96)111-88-58-32-36-62-100(88)116-104-66-85(64-98(114)108(104)111)120(76-40-12-3-13-41-76,77-42-14-4-15-43-77)78-44-16-5-17-45-78)113-91-71-92-102(119-107-69-87(68-106-110(107)112(92)89-59-33-37-63-101(89)117-106)122(82-52-24-9-25-53-82,83-54-26-10-27-55-83)84-56-28-11-29-57-84)73-97(91)115(95-61-35-31-39-75(95)2)99-65-86(67-105(118-103)109(99)113)121(79-46-18-6-19-47-79,80-48-20-7-21-49-80)81-50-22-8-23-51-81/h3-73H,1-2H3. The van der Waals surface area contributed by atoms with Gasteiger partial charge in [0.25, 0.3) is 20.1 Å². The van der Waals surface area contributed by atoms with Gasteiger partial charge < -0.3 is 28.7 Å². The Labute approximate surface area is 715 Å². The highest BCUT2D eigenvalue weighted by Gasteiger charge is 2.54. The van der Waals surface area contributed by atoms with Crippen LogP contribution in [-0.4, -0.2) is 44.4 Å². The second kappa shape index (κ2) is 28.4. The minimum absolute atomic E-state index is 0.284. The number of hydrogen-bond donors (Lipinski definition) is 0. The van der Waals surface area contributed by atoms with E-state index >= 15 is 0 Å². The lowest BCUT2D eigenvalue weighted by atomic mass is 9.30. The molecule has 0 fully saturated rings. The van der Waals surface area contributed by atoms with Crippen LogP contribution in [0.15, 0.2) is 431 Å². The molecule has 0 amide bonds. The summed E-state index contributed by atoms with van der Waals surface area (Å²) < 4.78 is 31.4. The van der Waals surface area contributed by atoms with Crippen LogP contribution >= 0.6 is 0 Å². The first-order chi connectivity index (χ1) is 60.3. The molecule has 0 aliphatic carbocycles. The van der Waals surface area contributed by atoms with Crippen LogP contribution in [0.5, 0.6) is 46.0 Å². The van der Waals surface area contributed by atoms with Gasteiger partial charge in [-0.25, -0.2) is 0 Å². The highest BCUT2D eigenvalue weighted by Crippen LogP contribution is 2.48. The maximum absolute atomic E-state index is 8.31. The molecule has 572 valence electrons. The van der Waals surface area contributed by atoms with Gasteiger partial charge in [-0.2, -0.15) is 0 Å². The van der Waals surface area contributed by atoms with Crippen LogP contribution in [0.4, 0.5) is 34.1 Å². The van der Waals surface area contributed by atoms with E-state index in [0.29, 0.717) is 0 Å². The first-order valence-electron chi connectivity index (χ1n) is 42.4. The quantitative estimate of drug-likeness (QED) is 0.0798. The monoisotopic (exact) mass is 1610 g/mol. The summed E-state index contributed by atoms with van der Waals surface area (Å²) in [7, 11) is -9.75. The van der Waals surface area contributed by atoms with Gasteiger partial charge in [-0.05, 0) is 192 Å². The van der Waals surface area contributed by atoms with E-state index in [-0.39, 0.29) is 13.4 Å². The lowest BCUT2D eigenvalue weighted by molar-refractivity contribution is 0.465. The zero-order valence-electron chi connectivity index (χ0n) is 67.3. The highest BCUT2D eigenvalue weighted by molar-refractivity contribution is 7.21. The molecule has 0 saturated heterocycles. The molecular formula is C110H77B3N2O4Si3. The van der Waals surface area contributed by atoms with Gasteiger partial charge in [0.15, 0.2) is 24.2 Å². The summed E-state index contributed by atoms with van der Waals surface area (Å²) in [5, 5.41) is 15.0. The van der Waals surface area contributed by atoms with Crippen LogP contribution in [0.25, 0.3) is 0 Å². The SMILES string of the molecule is Cc1ccccc1N1c2cc3c(cc2B2c4cc5c(cc4Oc4cc([Si](c6ccccc6)(c6ccccc6)c6ccccc6)cc1c42)N(c1ccccc1C)c1cc([Si](c2ccccc2)(c2ccccc2)c2ccccc2)cc2c1B5c1ccccc1O2)B1c2ccccc2Oc2cc([Si](c4ccccc4)(c4ccccc4)c4ccccc4)cc(c21)O3. The minimum Gasteiger partial charge on any atom is -0.458 e. The summed E-state index contributed by atoms with van der Waals surface area (Å²) in [6.45, 7) is 3.53. The molecule has 18 aromatic carbocycles. The van der Waals surface area contributed by atoms with Crippen LogP contribution in [0.3, 0.4) is 0 Å². The van der Waals surface area contributed by atoms with Gasteiger partial charge >= 0.3 is 0 Å². The van der Waals surface area contributed by atoms with E-state index in [0.717, 1.165) is 140 Å². The molecule has 12 heteroatoms. The number of nitrogens with zero attached hydrogens (tertiary/aromatic N) is 2. The number of para-hydroxylation sites is 4. The van der Waals surface area contributed by atoms with Crippen molar-refractivity contribution in [2.45, 2.75) is 13.8 Å². The normalized spacial score (nSPS) is 13.3. The average Bonchev–Trinajstić information content (AvgIpc) is 0.682. The van der Waals surface area contributed by atoms with E-state index in [1.54, 1.807) is 0 Å². The first-order valence-corrected chi connectivity index (χ1v) is 48.4. The van der Waals surface area contributed by atoms with E-state index in [9.17, 15) is 0 Å². The maximum atomic E-state index is 8.31. The summed E-state index contributed by atoms with van der Waals surface area (Å²) in [6.07, 6.45) is 0. The van der Waals surface area contributed by atoms with Crippen LogP contribution < -0.4 is 140 Å². The lowest BCUT2D eigenvalue weighted by Crippen LogP contribution is -2.75. The van der Waals surface area contributed by atoms with Crippen molar-refractivity contribution < 1.29 is 18.9 Å². The molecule has 0 N–H and O–H groups in total. The van der Waals surface area contributed by atoms with Crippen molar-refractivity contribution in [1.82, 2.24) is 0 Å². The number of ether oxygens (including phenoxy) is 4. The van der Waals surface area contributed by atoms with Gasteiger partial charge in [-0.15, -0.1) is 0 Å². The lowest BCUT2D eigenvalue weighted by Gasteiger charge is -2.45. The van der Waals surface area contributed by atoms with Crippen LogP contribution in [0, 0.1) is 13.8 Å². The highest BCUT2D eigenvalue weighted by atomic mass is 28.3. The Bertz CT molecular complexity index is 6920. The van der Waals surface area contributed by atoms with Crippen LogP contribution in [-0.2, 0) is 0 Å². The Morgan fingerprint density at radius 1 is 0.172 bits per heavy atom. The topological polar surface area (TPSA) is 43.4 Å². The fourth-order valence-electron chi connectivity index (χ4n) is 21.9. The number of aryl methyl sites for hydroxylation is 2. The van der Waals surface area contributed by atoms with Crippen molar-refractivity contribution in [3.63, 3.8) is 0 Å². The van der Waals surface area contributed by atoms with Gasteiger partial charge in [0.2, 0.25) is 0 Å². The van der Waals surface area contributed by atoms with Gasteiger partial charge in [-0.3, -0.25) is 0 Å². The van der Waals surface area contributed by atoms with Gasteiger partial charge in [0.05, 0.1) is 0 Å². The van der Waals surface area contributed by atoms with Crippen LogP contribution in [0.1, 0.15) is 11.1 Å². The third kappa shape index (κ3) is 10.6. The second-order valence-electron chi connectivity index (χ2n) is 33.2. The molecule has 122 heavy (non-hydrogen) atoms. The molecule has 18 aromatic rings. The summed E-state index contributed by atoms with van der Waals surface area (Å²) in [4.78, 5) is 5.14. The average molecular weight is 1610 g/mol. The first kappa shape index (κ1) is 71.7. The Balaban J connectivity index is 0.805. The number of benzene rings is 18.